The Morgan fingerprint density at radius 1 is 1.14 bits per heavy atom. The molecule has 1 aromatic carbocycles. The van der Waals surface area contributed by atoms with E-state index in [0.29, 0.717) is 16.4 Å². The Bertz CT molecular complexity index is 1160. The largest absolute Gasteiger partial charge is 0.434 e. The number of hydrogen-bond donors (Lipinski definition) is 0. The molecule has 0 aliphatic carbocycles. The van der Waals surface area contributed by atoms with E-state index < -0.39 is 27.8 Å². The molecule has 0 saturated carbocycles. The molecule has 0 bridgehead atoms. The number of nitrogens with zero attached hydrogens (tertiary/aromatic N) is 4. The predicted molar refractivity (Wildman–Crippen MR) is 97.7 cm³/mol. The third-order valence-electron chi connectivity index (χ3n) is 3.85. The third-order valence-corrected chi connectivity index (χ3v) is 5.60. The zero-order chi connectivity index (χ0) is 21.4. The average Bonchev–Trinajstić information content (AvgIpc) is 3.07. The van der Waals surface area contributed by atoms with Crippen molar-refractivity contribution in [2.75, 3.05) is 4.41 Å². The minimum absolute atomic E-state index is 0.120. The van der Waals surface area contributed by atoms with Crippen molar-refractivity contribution in [3.8, 4) is 11.4 Å². The van der Waals surface area contributed by atoms with Gasteiger partial charge in [0.15, 0.2) is 11.5 Å². The van der Waals surface area contributed by atoms with E-state index in [2.05, 4.69) is 9.97 Å². The van der Waals surface area contributed by atoms with Gasteiger partial charge in [-0.15, -0.1) is 4.41 Å². The van der Waals surface area contributed by atoms with Gasteiger partial charge in [0.2, 0.25) is 0 Å². The van der Waals surface area contributed by atoms with Crippen LogP contribution in [0, 0.1) is 6.92 Å². The number of pyridine rings is 1. The second-order valence-electron chi connectivity index (χ2n) is 6.12. The molecule has 11 heteroatoms. The Hall–Kier alpha value is -3.21. The van der Waals surface area contributed by atoms with Crippen LogP contribution < -0.4 is 4.41 Å². The molecule has 3 rings (SSSR count). The second-order valence-corrected chi connectivity index (χ2v) is 7.89. The number of aryl methyl sites for hydroxylation is 1. The number of carbonyl (C=O) groups excluding carboxylic acids is 1. The Balaban J connectivity index is 2.29. The SMILES string of the molecule is CC(=O)N(n1cc(C(F)(F)F)nc1-c1cncc(C)c1)S(=O)(=O)c1ccccc1. The number of hydrogen-bond acceptors (Lipinski definition) is 5. The van der Waals surface area contributed by atoms with Gasteiger partial charge >= 0.3 is 6.18 Å². The molecule has 0 N–H and O–H groups in total. The van der Waals surface area contributed by atoms with Gasteiger partial charge in [-0.3, -0.25) is 9.78 Å². The molecular formula is C18H15F3N4O3S. The zero-order valence-electron chi connectivity index (χ0n) is 15.3. The van der Waals surface area contributed by atoms with Crippen LogP contribution in [0.25, 0.3) is 11.4 Å². The minimum atomic E-state index is -4.85. The van der Waals surface area contributed by atoms with Crippen LogP contribution in [0.2, 0.25) is 0 Å². The number of amides is 1. The fraction of sp³-hybridized carbons (Fsp3) is 0.167. The Labute approximate surface area is 164 Å². The van der Waals surface area contributed by atoms with Crippen LogP contribution in [-0.2, 0) is 21.0 Å². The average molecular weight is 424 g/mol. The summed E-state index contributed by atoms with van der Waals surface area (Å²) in [7, 11) is -4.51. The first-order chi connectivity index (χ1) is 13.5. The lowest BCUT2D eigenvalue weighted by atomic mass is 10.2. The topological polar surface area (TPSA) is 85.2 Å². The summed E-state index contributed by atoms with van der Waals surface area (Å²) in [5, 5.41) is 0. The predicted octanol–water partition coefficient (Wildman–Crippen LogP) is 3.15. The van der Waals surface area contributed by atoms with Crippen molar-refractivity contribution in [3.05, 3.63) is 66.2 Å². The van der Waals surface area contributed by atoms with Gasteiger partial charge in [0, 0.05) is 24.9 Å². The normalized spacial score (nSPS) is 12.0. The van der Waals surface area contributed by atoms with Crippen LogP contribution >= 0.6 is 0 Å². The van der Waals surface area contributed by atoms with Crippen molar-refractivity contribution in [3.63, 3.8) is 0 Å². The fourth-order valence-corrected chi connectivity index (χ4v) is 4.04. The molecule has 2 aromatic heterocycles. The minimum Gasteiger partial charge on any atom is -0.272 e. The number of rotatable bonds is 4. The summed E-state index contributed by atoms with van der Waals surface area (Å²) in [6, 6.07) is 8.40. The van der Waals surface area contributed by atoms with E-state index in [0.717, 1.165) is 6.92 Å². The van der Waals surface area contributed by atoms with E-state index in [4.69, 9.17) is 0 Å². The van der Waals surface area contributed by atoms with Gasteiger partial charge in [0.1, 0.15) is 0 Å². The molecule has 0 spiro atoms. The standard InChI is InChI=1S/C18H15F3N4O3S/c1-12-8-14(10-22-9-12)17-23-16(18(19,20)21)11-24(17)25(13(2)26)29(27,28)15-6-4-3-5-7-15/h3-11H,1-2H3. The number of carbonyl (C=O) groups is 1. The van der Waals surface area contributed by atoms with Crippen molar-refractivity contribution < 1.29 is 26.4 Å². The maximum Gasteiger partial charge on any atom is 0.434 e. The van der Waals surface area contributed by atoms with E-state index >= 15 is 0 Å². The Morgan fingerprint density at radius 3 is 2.34 bits per heavy atom. The van der Waals surface area contributed by atoms with Gasteiger partial charge in [0.05, 0.1) is 11.1 Å². The summed E-state index contributed by atoms with van der Waals surface area (Å²) >= 11 is 0. The molecule has 29 heavy (non-hydrogen) atoms. The summed E-state index contributed by atoms with van der Waals surface area (Å²) in [5.74, 6) is -1.40. The molecule has 0 unspecified atom stereocenters. The highest BCUT2D eigenvalue weighted by molar-refractivity contribution is 7.93. The monoisotopic (exact) mass is 424 g/mol. The number of aromatic nitrogens is 3. The van der Waals surface area contributed by atoms with Gasteiger partial charge in [0.25, 0.3) is 15.9 Å². The molecular weight excluding hydrogens is 409 g/mol. The molecule has 3 aromatic rings. The van der Waals surface area contributed by atoms with E-state index in [9.17, 15) is 26.4 Å². The van der Waals surface area contributed by atoms with Crippen molar-refractivity contribution in [1.82, 2.24) is 14.6 Å². The first-order valence-corrected chi connectivity index (χ1v) is 9.65. The fourth-order valence-electron chi connectivity index (χ4n) is 2.65. The summed E-state index contributed by atoms with van der Waals surface area (Å²) < 4.78 is 66.9. The molecule has 0 aliphatic rings. The van der Waals surface area contributed by atoms with Gasteiger partial charge in [-0.25, -0.2) is 9.66 Å². The maximum atomic E-state index is 13.3. The summed E-state index contributed by atoms with van der Waals surface area (Å²) in [6.45, 7) is 2.60. The van der Waals surface area contributed by atoms with Crippen LogP contribution in [0.3, 0.4) is 0 Å². The molecule has 0 atom stereocenters. The Morgan fingerprint density at radius 2 is 1.79 bits per heavy atom. The lowest BCUT2D eigenvalue weighted by Crippen LogP contribution is -2.44. The second kappa shape index (κ2) is 7.32. The Kier molecular flexibility index (Phi) is 5.18. The van der Waals surface area contributed by atoms with Crippen molar-refractivity contribution in [1.29, 1.82) is 0 Å². The van der Waals surface area contributed by atoms with Gasteiger partial charge in [-0.05, 0) is 30.7 Å². The van der Waals surface area contributed by atoms with Gasteiger partial charge < -0.3 is 0 Å². The molecule has 0 aliphatic heterocycles. The van der Waals surface area contributed by atoms with Gasteiger partial charge in [-0.1, -0.05) is 18.2 Å². The molecule has 0 fully saturated rings. The molecule has 7 nitrogen and oxygen atoms in total. The highest BCUT2D eigenvalue weighted by Crippen LogP contribution is 2.32. The van der Waals surface area contributed by atoms with Crippen LogP contribution in [-0.4, -0.2) is 29.0 Å². The lowest BCUT2D eigenvalue weighted by Gasteiger charge is -2.23. The third kappa shape index (κ3) is 3.99. The van der Waals surface area contributed by atoms with Crippen molar-refractivity contribution in [2.24, 2.45) is 0 Å². The molecule has 2 heterocycles. The summed E-state index contributed by atoms with van der Waals surface area (Å²) in [5.41, 5.74) is -0.607. The number of halogens is 3. The maximum absolute atomic E-state index is 13.3. The first kappa shape index (κ1) is 20.5. The van der Waals surface area contributed by atoms with Gasteiger partial charge in [-0.2, -0.15) is 21.6 Å². The zero-order valence-corrected chi connectivity index (χ0v) is 16.1. The summed E-state index contributed by atoms with van der Waals surface area (Å²) in [4.78, 5) is 19.5. The lowest BCUT2D eigenvalue weighted by molar-refractivity contribution is -0.141. The van der Waals surface area contributed by atoms with E-state index in [-0.39, 0.29) is 20.7 Å². The number of benzene rings is 1. The van der Waals surface area contributed by atoms with Crippen LogP contribution in [0.4, 0.5) is 13.2 Å². The van der Waals surface area contributed by atoms with Crippen molar-refractivity contribution >= 4 is 15.9 Å². The van der Waals surface area contributed by atoms with Crippen LogP contribution in [0.1, 0.15) is 18.2 Å². The number of alkyl halides is 3. The highest BCUT2D eigenvalue weighted by Gasteiger charge is 2.38. The smallest absolute Gasteiger partial charge is 0.272 e. The number of sulfonamides is 1. The number of imidazole rings is 1. The van der Waals surface area contributed by atoms with E-state index in [1.165, 1.54) is 42.7 Å². The molecule has 0 radical (unpaired) electrons. The van der Waals surface area contributed by atoms with E-state index in [1.54, 1.807) is 13.0 Å². The molecule has 152 valence electrons. The first-order valence-electron chi connectivity index (χ1n) is 8.21. The highest BCUT2D eigenvalue weighted by atomic mass is 32.2. The molecule has 0 saturated heterocycles. The molecule has 1 amide bonds. The quantitative estimate of drug-likeness (QED) is 0.642. The van der Waals surface area contributed by atoms with Crippen molar-refractivity contribution in [2.45, 2.75) is 24.9 Å². The van der Waals surface area contributed by atoms with E-state index in [1.807, 2.05) is 0 Å². The van der Waals surface area contributed by atoms with Crippen LogP contribution in [0.5, 0.6) is 0 Å². The summed E-state index contributed by atoms with van der Waals surface area (Å²) in [6.07, 6.45) is -1.67. The van der Waals surface area contributed by atoms with Crippen LogP contribution in [0.15, 0.2) is 59.9 Å².